The molecule has 1 heterocycles. The zero-order valence-corrected chi connectivity index (χ0v) is 30.5. The first kappa shape index (κ1) is 48.9. The number of thiazole rings is 1. The van der Waals surface area contributed by atoms with Crippen molar-refractivity contribution >= 4 is 22.9 Å². The molecule has 12 heteroatoms. The lowest BCUT2D eigenvalue weighted by molar-refractivity contribution is -0.137. The molecule has 47 heavy (non-hydrogen) atoms. The summed E-state index contributed by atoms with van der Waals surface area (Å²) in [5.74, 6) is 0.512. The molecule has 0 spiro atoms. The second kappa shape index (κ2) is 30.8. The number of halogens is 5. The molecule has 3 N–H and O–H groups in total. The van der Waals surface area contributed by atoms with Gasteiger partial charge >= 0.3 is 6.18 Å². The Hall–Kier alpha value is -2.54. The number of aryl methyl sites for hydroxylation is 1. The van der Waals surface area contributed by atoms with Crippen molar-refractivity contribution in [2.45, 2.75) is 93.7 Å². The number of hydrogen-bond acceptors (Lipinski definition) is 7. The van der Waals surface area contributed by atoms with E-state index in [0.29, 0.717) is 34.2 Å². The third-order valence-corrected chi connectivity index (χ3v) is 6.33. The summed E-state index contributed by atoms with van der Waals surface area (Å²) < 4.78 is 60.5. The Morgan fingerprint density at radius 3 is 2.06 bits per heavy atom. The average Bonchev–Trinajstić information content (AvgIpc) is 3.45. The lowest BCUT2D eigenvalue weighted by Crippen LogP contribution is -2.13. The van der Waals surface area contributed by atoms with Crippen LogP contribution in [0.4, 0.5) is 17.6 Å². The second-order valence-electron chi connectivity index (χ2n) is 9.01. The molecule has 0 radical (unpaired) electrons. The first-order chi connectivity index (χ1) is 22.3. The zero-order valence-electron chi connectivity index (χ0n) is 29.0. The number of hydrogen-bond donors (Lipinski definition) is 3. The van der Waals surface area contributed by atoms with Crippen molar-refractivity contribution in [3.63, 3.8) is 0 Å². The number of aromatic nitrogens is 1. The molecule has 0 atom stereocenters. The van der Waals surface area contributed by atoms with Gasteiger partial charge in [0.1, 0.15) is 24.0 Å². The van der Waals surface area contributed by atoms with Crippen molar-refractivity contribution in [3.8, 4) is 10.6 Å². The lowest BCUT2D eigenvalue weighted by Gasteiger charge is -2.10. The van der Waals surface area contributed by atoms with Crippen LogP contribution in [0.25, 0.3) is 10.6 Å². The minimum atomic E-state index is -4.39. The summed E-state index contributed by atoms with van der Waals surface area (Å²) in [6.07, 6.45) is 2.77. The fourth-order valence-electron chi connectivity index (χ4n) is 2.87. The standard InChI is InChI=1S/C23H28F3NO5S.C4H6ClF.C4H8.2C2H6/c1-15(2)19(32-14-21(29)30)6-4-12-31-13-20-18(5-3-11-28)27-22(33-20)16-7-9-17(10-8-16)23(24,25)26;1-4(5)2-3-6;1-3-4-2;2*1-2/h4,6-10,21,28-30H,3,5,11-14H2,1-2H3;2H,3H2,1H3;3H,1,4H2,2H3;2*1-2H3/b6-4-;4-2+;;;. The number of alkyl halides is 4. The predicted molar refractivity (Wildman–Crippen MR) is 188 cm³/mol. The van der Waals surface area contributed by atoms with E-state index in [2.05, 4.69) is 18.5 Å². The molecule has 0 aliphatic carbocycles. The van der Waals surface area contributed by atoms with Gasteiger partial charge in [0, 0.05) is 17.2 Å². The van der Waals surface area contributed by atoms with Gasteiger partial charge in [-0.15, -0.1) is 17.9 Å². The number of rotatable bonds is 14. The van der Waals surface area contributed by atoms with Gasteiger partial charge in [0.05, 0.1) is 29.3 Å². The maximum Gasteiger partial charge on any atom is 0.416 e. The molecule has 6 nitrogen and oxygen atoms in total. The highest BCUT2D eigenvalue weighted by Gasteiger charge is 2.30. The van der Waals surface area contributed by atoms with E-state index < -0.39 is 24.7 Å². The van der Waals surface area contributed by atoms with Crippen LogP contribution in [0.3, 0.4) is 0 Å². The minimum Gasteiger partial charge on any atom is -0.488 e. The van der Waals surface area contributed by atoms with Crippen molar-refractivity contribution < 1.29 is 42.4 Å². The van der Waals surface area contributed by atoms with Gasteiger partial charge in [-0.05, 0) is 69.9 Å². The van der Waals surface area contributed by atoms with Crippen LogP contribution in [-0.4, -0.2) is 53.1 Å². The van der Waals surface area contributed by atoms with Crippen molar-refractivity contribution in [1.29, 1.82) is 0 Å². The second-order valence-corrected chi connectivity index (χ2v) is 10.7. The third kappa shape index (κ3) is 25.2. The summed E-state index contributed by atoms with van der Waals surface area (Å²) in [6.45, 7) is 18.7. The largest absolute Gasteiger partial charge is 0.488 e. The number of benzene rings is 1. The highest BCUT2D eigenvalue weighted by atomic mass is 35.5. The summed E-state index contributed by atoms with van der Waals surface area (Å²) >= 11 is 6.54. The third-order valence-electron chi connectivity index (χ3n) is 5.05. The van der Waals surface area contributed by atoms with E-state index in [-0.39, 0.29) is 26.4 Å². The van der Waals surface area contributed by atoms with Crippen molar-refractivity contribution in [2.24, 2.45) is 0 Å². The Morgan fingerprint density at radius 2 is 1.66 bits per heavy atom. The molecule has 1 aromatic heterocycles. The zero-order chi connectivity index (χ0) is 36.8. The van der Waals surface area contributed by atoms with Crippen LogP contribution in [-0.2, 0) is 28.7 Å². The quantitative estimate of drug-likeness (QED) is 0.0451. The molecule has 0 unspecified atom stereocenters. The molecule has 1 aromatic carbocycles. The van der Waals surface area contributed by atoms with Gasteiger partial charge in [-0.3, -0.25) is 0 Å². The van der Waals surface area contributed by atoms with Gasteiger partial charge in [0.2, 0.25) is 0 Å². The number of aliphatic hydroxyl groups is 3. The van der Waals surface area contributed by atoms with Crippen molar-refractivity contribution in [3.05, 3.63) is 87.6 Å². The maximum atomic E-state index is 12.8. The van der Waals surface area contributed by atoms with Crippen LogP contribution in [0.2, 0.25) is 0 Å². The van der Waals surface area contributed by atoms with Crippen LogP contribution in [0.15, 0.2) is 71.5 Å². The van der Waals surface area contributed by atoms with E-state index in [4.69, 9.17) is 36.4 Å². The van der Waals surface area contributed by atoms with Crippen LogP contribution >= 0.6 is 22.9 Å². The maximum absolute atomic E-state index is 12.8. The van der Waals surface area contributed by atoms with Gasteiger partial charge in [0.25, 0.3) is 0 Å². The van der Waals surface area contributed by atoms with Gasteiger partial charge in [-0.2, -0.15) is 13.2 Å². The normalized spacial score (nSPS) is 10.8. The fraction of sp³-hybridized carbons (Fsp3) is 0.514. The highest BCUT2D eigenvalue weighted by molar-refractivity contribution is 7.15. The monoisotopic (exact) mass is 711 g/mol. The predicted octanol–water partition coefficient (Wildman–Crippen LogP) is 10.2. The molecule has 0 aliphatic heterocycles. The summed E-state index contributed by atoms with van der Waals surface area (Å²) in [6, 6.07) is 4.86. The number of nitrogens with zero attached hydrogens (tertiary/aromatic N) is 1. The van der Waals surface area contributed by atoms with Gasteiger partial charge in [0.15, 0.2) is 6.29 Å². The number of ether oxygens (including phenoxy) is 2. The molecule has 0 bridgehead atoms. The van der Waals surface area contributed by atoms with Crippen molar-refractivity contribution in [1.82, 2.24) is 4.98 Å². The van der Waals surface area contributed by atoms with Gasteiger partial charge in [-0.1, -0.05) is 70.5 Å². The topological polar surface area (TPSA) is 92.0 Å². The van der Waals surface area contributed by atoms with Gasteiger partial charge in [-0.25, -0.2) is 9.37 Å². The summed E-state index contributed by atoms with van der Waals surface area (Å²) in [7, 11) is 0. The average molecular weight is 712 g/mol. The molecular formula is C35H54ClF4NO5S. The molecular weight excluding hydrogens is 658 g/mol. The Morgan fingerprint density at radius 1 is 1.09 bits per heavy atom. The molecule has 2 rings (SSSR count). The fourth-order valence-corrected chi connectivity index (χ4v) is 3.98. The molecule has 0 fully saturated rings. The molecule has 0 saturated heterocycles. The van der Waals surface area contributed by atoms with E-state index in [1.54, 1.807) is 19.1 Å². The van der Waals surface area contributed by atoms with Crippen LogP contribution in [0, 0.1) is 0 Å². The van der Waals surface area contributed by atoms with E-state index in [9.17, 15) is 17.6 Å². The van der Waals surface area contributed by atoms with Crippen LogP contribution in [0.5, 0.6) is 0 Å². The Bertz CT molecular complexity index is 1140. The van der Waals surface area contributed by atoms with Crippen LogP contribution in [0.1, 0.15) is 84.4 Å². The SMILES string of the molecule is C/C(Cl)=C\CF.C=CCC.CC.CC.CC(C)=C(/C=C\COCc1sc(-c2ccc(C(F)(F)F)cc2)nc1CCCO)OCC(O)O. The first-order valence-electron chi connectivity index (χ1n) is 15.5. The van der Waals surface area contributed by atoms with Crippen molar-refractivity contribution in [2.75, 3.05) is 26.5 Å². The molecule has 0 saturated carbocycles. The highest BCUT2D eigenvalue weighted by Crippen LogP contribution is 2.33. The molecule has 2 aromatic rings. The van der Waals surface area contributed by atoms with E-state index in [1.807, 2.05) is 47.6 Å². The molecule has 270 valence electrons. The number of allylic oxidation sites excluding steroid dienone is 5. The lowest BCUT2D eigenvalue weighted by atomic mass is 10.1. The summed E-state index contributed by atoms with van der Waals surface area (Å²) in [4.78, 5) is 5.40. The number of aliphatic hydroxyl groups excluding tert-OH is 2. The Labute approximate surface area is 288 Å². The van der Waals surface area contributed by atoms with E-state index in [1.165, 1.54) is 29.5 Å². The van der Waals surface area contributed by atoms with Gasteiger partial charge < -0.3 is 24.8 Å². The van der Waals surface area contributed by atoms with Crippen LogP contribution < -0.4 is 0 Å². The Balaban J connectivity index is -0.00000117. The molecule has 0 amide bonds. The first-order valence-corrected chi connectivity index (χ1v) is 16.7. The van der Waals surface area contributed by atoms with E-state index >= 15 is 0 Å². The molecule has 0 aliphatic rings. The van der Waals surface area contributed by atoms with E-state index in [0.717, 1.165) is 34.7 Å². The summed E-state index contributed by atoms with van der Waals surface area (Å²) in [5, 5.41) is 28.1. The smallest absolute Gasteiger partial charge is 0.416 e. The Kier molecular flexibility index (Phi) is 32.0. The summed E-state index contributed by atoms with van der Waals surface area (Å²) in [5.41, 5.74) is 1.48. The minimum absolute atomic E-state index is 0.00416.